The number of pyridine rings is 1. The van der Waals surface area contributed by atoms with Crippen molar-refractivity contribution < 1.29 is 4.92 Å². The minimum atomic E-state index is -0.400. The van der Waals surface area contributed by atoms with E-state index in [1.807, 2.05) is 0 Å². The van der Waals surface area contributed by atoms with E-state index in [1.165, 1.54) is 38.3 Å². The quantitative estimate of drug-likeness (QED) is 0.676. The average Bonchev–Trinajstić information content (AvgIpc) is 3.01. The third kappa shape index (κ3) is 2.60. The summed E-state index contributed by atoms with van der Waals surface area (Å²) in [6.07, 6.45) is 7.42. The van der Waals surface area contributed by atoms with Crippen molar-refractivity contribution in [1.29, 1.82) is 0 Å². The van der Waals surface area contributed by atoms with Crippen LogP contribution in [0.3, 0.4) is 0 Å². The van der Waals surface area contributed by atoms with Crippen LogP contribution in [0.15, 0.2) is 18.3 Å². The van der Waals surface area contributed by atoms with E-state index in [1.54, 1.807) is 12.1 Å². The predicted octanol–water partition coefficient (Wildman–Crippen LogP) is 2.10. The summed E-state index contributed by atoms with van der Waals surface area (Å²) >= 11 is 0. The molecule has 6 heteroatoms. The summed E-state index contributed by atoms with van der Waals surface area (Å²) < 4.78 is 0. The molecule has 2 aliphatic rings. The van der Waals surface area contributed by atoms with Gasteiger partial charge in [0.2, 0.25) is 0 Å². The van der Waals surface area contributed by atoms with E-state index in [0.29, 0.717) is 12.1 Å². The number of rotatable bonds is 3. The SMILES string of the molecule is O=[N+]([O-])c1ccc(N2CCCCC2C2CCCN2)nc1. The van der Waals surface area contributed by atoms with Crippen LogP contribution in [0.5, 0.6) is 0 Å². The van der Waals surface area contributed by atoms with Gasteiger partial charge in [0.25, 0.3) is 5.69 Å². The first-order chi connectivity index (χ1) is 9.75. The maximum atomic E-state index is 10.7. The van der Waals surface area contributed by atoms with Crippen molar-refractivity contribution in [1.82, 2.24) is 10.3 Å². The topological polar surface area (TPSA) is 71.3 Å². The van der Waals surface area contributed by atoms with Gasteiger partial charge in [-0.1, -0.05) is 0 Å². The van der Waals surface area contributed by atoms with Gasteiger partial charge in [-0.2, -0.15) is 0 Å². The average molecular weight is 276 g/mol. The van der Waals surface area contributed by atoms with Gasteiger partial charge in [0.05, 0.1) is 4.92 Å². The lowest BCUT2D eigenvalue weighted by Crippen LogP contribution is -2.50. The zero-order chi connectivity index (χ0) is 13.9. The Balaban J connectivity index is 1.79. The fraction of sp³-hybridized carbons (Fsp3) is 0.643. The van der Waals surface area contributed by atoms with E-state index in [-0.39, 0.29) is 5.69 Å². The molecule has 0 amide bonds. The van der Waals surface area contributed by atoms with Crippen LogP contribution in [-0.4, -0.2) is 35.1 Å². The molecule has 2 unspecified atom stereocenters. The van der Waals surface area contributed by atoms with E-state index in [4.69, 9.17) is 0 Å². The normalized spacial score (nSPS) is 26.7. The van der Waals surface area contributed by atoms with E-state index < -0.39 is 4.92 Å². The van der Waals surface area contributed by atoms with Crippen LogP contribution in [0.2, 0.25) is 0 Å². The van der Waals surface area contributed by atoms with Gasteiger partial charge in [-0.05, 0) is 44.7 Å². The van der Waals surface area contributed by atoms with Crippen molar-refractivity contribution >= 4 is 11.5 Å². The molecular weight excluding hydrogens is 256 g/mol. The highest BCUT2D eigenvalue weighted by Crippen LogP contribution is 2.28. The molecular formula is C14H20N4O2. The van der Waals surface area contributed by atoms with E-state index >= 15 is 0 Å². The summed E-state index contributed by atoms with van der Waals surface area (Å²) in [5.74, 6) is 0.869. The molecule has 3 rings (SSSR count). The molecule has 0 saturated carbocycles. The largest absolute Gasteiger partial charge is 0.352 e. The van der Waals surface area contributed by atoms with Crippen molar-refractivity contribution in [2.75, 3.05) is 18.0 Å². The first-order valence-corrected chi connectivity index (χ1v) is 7.36. The van der Waals surface area contributed by atoms with Crippen LogP contribution in [0.1, 0.15) is 32.1 Å². The van der Waals surface area contributed by atoms with Crippen molar-refractivity contribution in [2.45, 2.75) is 44.2 Å². The molecule has 1 aromatic heterocycles. The third-order valence-electron chi connectivity index (χ3n) is 4.35. The molecule has 0 spiro atoms. The molecule has 6 nitrogen and oxygen atoms in total. The second kappa shape index (κ2) is 5.75. The molecule has 0 aliphatic carbocycles. The Morgan fingerprint density at radius 2 is 2.20 bits per heavy atom. The van der Waals surface area contributed by atoms with Crippen LogP contribution in [0.4, 0.5) is 11.5 Å². The van der Waals surface area contributed by atoms with Gasteiger partial charge in [-0.3, -0.25) is 10.1 Å². The fourth-order valence-electron chi connectivity index (χ4n) is 3.36. The summed E-state index contributed by atoms with van der Waals surface area (Å²) in [7, 11) is 0. The second-order valence-corrected chi connectivity index (χ2v) is 5.59. The van der Waals surface area contributed by atoms with Gasteiger partial charge in [0.1, 0.15) is 12.0 Å². The van der Waals surface area contributed by atoms with Crippen LogP contribution in [-0.2, 0) is 0 Å². The van der Waals surface area contributed by atoms with Gasteiger partial charge >= 0.3 is 0 Å². The van der Waals surface area contributed by atoms with Crippen molar-refractivity contribution in [3.63, 3.8) is 0 Å². The number of nitrogens with one attached hydrogen (secondary N) is 1. The summed E-state index contributed by atoms with van der Waals surface area (Å²) in [6.45, 7) is 2.09. The van der Waals surface area contributed by atoms with Crippen LogP contribution < -0.4 is 10.2 Å². The maximum absolute atomic E-state index is 10.7. The van der Waals surface area contributed by atoms with E-state index in [0.717, 1.165) is 18.9 Å². The summed E-state index contributed by atoms with van der Waals surface area (Å²) in [6, 6.07) is 4.34. The molecule has 108 valence electrons. The van der Waals surface area contributed by atoms with Gasteiger partial charge in [-0.25, -0.2) is 4.98 Å². The molecule has 0 aromatic carbocycles. The molecule has 20 heavy (non-hydrogen) atoms. The number of aromatic nitrogens is 1. The number of anilines is 1. The summed E-state index contributed by atoms with van der Waals surface area (Å²) in [5.41, 5.74) is 0.0568. The predicted molar refractivity (Wildman–Crippen MR) is 76.9 cm³/mol. The number of nitro groups is 1. The lowest BCUT2D eigenvalue weighted by Gasteiger charge is -2.40. The highest BCUT2D eigenvalue weighted by molar-refractivity contribution is 5.44. The lowest BCUT2D eigenvalue weighted by molar-refractivity contribution is -0.385. The molecule has 2 saturated heterocycles. The Kier molecular flexibility index (Phi) is 3.82. The highest BCUT2D eigenvalue weighted by atomic mass is 16.6. The Morgan fingerprint density at radius 1 is 1.30 bits per heavy atom. The number of hydrogen-bond acceptors (Lipinski definition) is 5. The zero-order valence-corrected chi connectivity index (χ0v) is 11.5. The van der Waals surface area contributed by atoms with E-state index in [9.17, 15) is 10.1 Å². The van der Waals surface area contributed by atoms with Gasteiger partial charge in [0, 0.05) is 24.7 Å². The molecule has 2 aliphatic heterocycles. The smallest absolute Gasteiger partial charge is 0.287 e. The number of piperidine rings is 1. The fourth-order valence-corrected chi connectivity index (χ4v) is 3.36. The molecule has 3 heterocycles. The number of hydrogen-bond donors (Lipinski definition) is 1. The summed E-state index contributed by atoms with van der Waals surface area (Å²) in [5, 5.41) is 14.3. The third-order valence-corrected chi connectivity index (χ3v) is 4.35. The highest BCUT2D eigenvalue weighted by Gasteiger charge is 2.32. The van der Waals surface area contributed by atoms with Crippen molar-refractivity contribution in [3.05, 3.63) is 28.4 Å². The van der Waals surface area contributed by atoms with Crippen LogP contribution >= 0.6 is 0 Å². The van der Waals surface area contributed by atoms with Crippen molar-refractivity contribution in [2.24, 2.45) is 0 Å². The molecule has 0 radical (unpaired) electrons. The first-order valence-electron chi connectivity index (χ1n) is 7.36. The number of nitrogens with zero attached hydrogens (tertiary/aromatic N) is 3. The standard InChI is InChI=1S/C14H20N4O2/c19-18(20)11-6-7-14(16-10-11)17-9-2-1-5-13(17)12-4-3-8-15-12/h6-7,10,12-13,15H,1-5,8-9H2. The van der Waals surface area contributed by atoms with Crippen LogP contribution in [0, 0.1) is 10.1 Å². The monoisotopic (exact) mass is 276 g/mol. The minimum Gasteiger partial charge on any atom is -0.352 e. The first kappa shape index (κ1) is 13.3. The Bertz CT molecular complexity index is 471. The molecule has 1 N–H and O–H groups in total. The Hall–Kier alpha value is -1.69. The van der Waals surface area contributed by atoms with Gasteiger partial charge in [0.15, 0.2) is 0 Å². The van der Waals surface area contributed by atoms with Gasteiger partial charge in [-0.15, -0.1) is 0 Å². The van der Waals surface area contributed by atoms with E-state index in [2.05, 4.69) is 15.2 Å². The molecule has 2 fully saturated rings. The Labute approximate surface area is 118 Å². The molecule has 0 bridgehead atoms. The maximum Gasteiger partial charge on any atom is 0.287 e. The minimum absolute atomic E-state index is 0.0568. The Morgan fingerprint density at radius 3 is 2.85 bits per heavy atom. The van der Waals surface area contributed by atoms with Crippen LogP contribution in [0.25, 0.3) is 0 Å². The van der Waals surface area contributed by atoms with Crippen molar-refractivity contribution in [3.8, 4) is 0 Å². The zero-order valence-electron chi connectivity index (χ0n) is 11.5. The molecule has 2 atom stereocenters. The van der Waals surface area contributed by atoms with Gasteiger partial charge < -0.3 is 10.2 Å². The lowest BCUT2D eigenvalue weighted by atomic mass is 9.94. The molecule has 1 aromatic rings. The second-order valence-electron chi connectivity index (χ2n) is 5.59. The summed E-state index contributed by atoms with van der Waals surface area (Å²) in [4.78, 5) is 16.9.